The molecule has 6 nitrogen and oxygen atoms in total. The zero-order valence-electron chi connectivity index (χ0n) is 14.8. The number of carbonyl (C=O) groups is 3. The molecule has 0 saturated carbocycles. The molecule has 7 heteroatoms. The van der Waals surface area contributed by atoms with Gasteiger partial charge >= 0.3 is 6.03 Å². The van der Waals surface area contributed by atoms with Crippen LogP contribution in [0.25, 0.3) is 0 Å². The molecule has 0 spiro atoms. The van der Waals surface area contributed by atoms with Crippen molar-refractivity contribution in [3.63, 3.8) is 0 Å². The topological polar surface area (TPSA) is 87.3 Å². The van der Waals surface area contributed by atoms with Gasteiger partial charge in [-0.05, 0) is 55.2 Å². The Morgan fingerprint density at radius 1 is 1.15 bits per heavy atom. The number of amides is 4. The summed E-state index contributed by atoms with van der Waals surface area (Å²) in [6.07, 6.45) is 1.87. The lowest BCUT2D eigenvalue weighted by molar-refractivity contribution is -0.123. The average Bonchev–Trinajstić information content (AvgIpc) is 2.90. The van der Waals surface area contributed by atoms with Gasteiger partial charge in [0.15, 0.2) is 0 Å². The minimum atomic E-state index is -1.15. The lowest BCUT2D eigenvalue weighted by Gasteiger charge is -2.21. The molecule has 4 amide bonds. The molecule has 0 radical (unpaired) electrons. The third kappa shape index (κ3) is 4.46. The molecule has 0 aromatic heterocycles. The van der Waals surface area contributed by atoms with E-state index in [1.807, 2.05) is 24.3 Å². The summed E-state index contributed by atoms with van der Waals surface area (Å²) in [4.78, 5) is 35.7. The summed E-state index contributed by atoms with van der Waals surface area (Å²) in [7, 11) is 0. The normalized spacial score (nSPS) is 18.7. The Bertz CT molecular complexity index is 882. The van der Waals surface area contributed by atoms with Crippen LogP contribution < -0.4 is 16.0 Å². The number of imide groups is 1. The zero-order chi connectivity index (χ0) is 19.4. The van der Waals surface area contributed by atoms with E-state index in [0.717, 1.165) is 12.0 Å². The van der Waals surface area contributed by atoms with Crippen LogP contribution in [0.3, 0.4) is 0 Å². The Balaban J connectivity index is 1.57. The fraction of sp³-hybridized carbons (Fsp3) is 0.250. The lowest BCUT2D eigenvalue weighted by atomic mass is 9.92. The molecule has 27 heavy (non-hydrogen) atoms. The van der Waals surface area contributed by atoms with E-state index in [1.165, 1.54) is 0 Å². The SMILES string of the molecule is CC1(c2cccc(NC(=O)CCCc3ccc(Cl)cc3)c2)NC(=O)NC1=O. The van der Waals surface area contributed by atoms with E-state index in [0.29, 0.717) is 29.1 Å². The number of carbonyl (C=O) groups excluding carboxylic acids is 3. The van der Waals surface area contributed by atoms with E-state index >= 15 is 0 Å². The maximum absolute atomic E-state index is 12.2. The second-order valence-electron chi connectivity index (χ2n) is 6.64. The third-order valence-corrected chi connectivity index (χ3v) is 4.80. The summed E-state index contributed by atoms with van der Waals surface area (Å²) >= 11 is 5.86. The number of aryl methyl sites for hydroxylation is 1. The van der Waals surface area contributed by atoms with Crippen molar-refractivity contribution >= 4 is 35.1 Å². The van der Waals surface area contributed by atoms with Crippen LogP contribution in [0.5, 0.6) is 0 Å². The molecule has 1 unspecified atom stereocenters. The van der Waals surface area contributed by atoms with Gasteiger partial charge in [-0.1, -0.05) is 35.9 Å². The number of rotatable bonds is 6. The summed E-state index contributed by atoms with van der Waals surface area (Å²) in [5.41, 5.74) is 1.17. The maximum atomic E-state index is 12.2. The number of halogens is 1. The quantitative estimate of drug-likeness (QED) is 0.666. The van der Waals surface area contributed by atoms with Crippen molar-refractivity contribution in [1.29, 1.82) is 0 Å². The van der Waals surface area contributed by atoms with E-state index in [2.05, 4.69) is 16.0 Å². The van der Waals surface area contributed by atoms with Crippen LogP contribution in [0.2, 0.25) is 5.02 Å². The Labute approximate surface area is 162 Å². The highest BCUT2D eigenvalue weighted by Crippen LogP contribution is 2.26. The molecule has 1 fully saturated rings. The van der Waals surface area contributed by atoms with Gasteiger partial charge in [-0.15, -0.1) is 0 Å². The van der Waals surface area contributed by atoms with Gasteiger partial charge in [0.1, 0.15) is 5.54 Å². The van der Waals surface area contributed by atoms with Gasteiger partial charge in [0, 0.05) is 17.1 Å². The van der Waals surface area contributed by atoms with Crippen LogP contribution in [-0.4, -0.2) is 17.8 Å². The predicted octanol–water partition coefficient (Wildman–Crippen LogP) is 3.36. The Hall–Kier alpha value is -2.86. The summed E-state index contributed by atoms with van der Waals surface area (Å²) in [5.74, 6) is -0.523. The van der Waals surface area contributed by atoms with E-state index in [9.17, 15) is 14.4 Å². The van der Waals surface area contributed by atoms with E-state index < -0.39 is 17.5 Å². The molecular formula is C20H20ClN3O3. The summed E-state index contributed by atoms with van der Waals surface area (Å²) in [6, 6.07) is 14.0. The van der Waals surface area contributed by atoms with Crippen LogP contribution >= 0.6 is 11.6 Å². The first-order valence-corrected chi connectivity index (χ1v) is 9.03. The van der Waals surface area contributed by atoms with Gasteiger partial charge in [0.05, 0.1) is 0 Å². The number of hydrogen-bond donors (Lipinski definition) is 3. The highest BCUT2D eigenvalue weighted by atomic mass is 35.5. The molecule has 2 aromatic rings. The van der Waals surface area contributed by atoms with E-state index in [1.54, 1.807) is 31.2 Å². The lowest BCUT2D eigenvalue weighted by Crippen LogP contribution is -2.40. The van der Waals surface area contributed by atoms with Gasteiger partial charge in [-0.3, -0.25) is 14.9 Å². The minimum absolute atomic E-state index is 0.105. The first-order chi connectivity index (χ1) is 12.9. The van der Waals surface area contributed by atoms with Crippen LogP contribution in [0.1, 0.15) is 30.9 Å². The number of hydrogen-bond acceptors (Lipinski definition) is 3. The predicted molar refractivity (Wildman–Crippen MR) is 103 cm³/mol. The molecule has 1 atom stereocenters. The number of nitrogens with one attached hydrogen (secondary N) is 3. The molecule has 3 N–H and O–H groups in total. The molecule has 0 aliphatic carbocycles. The van der Waals surface area contributed by atoms with Crippen LogP contribution in [0, 0.1) is 0 Å². The molecule has 1 aliphatic heterocycles. The van der Waals surface area contributed by atoms with Crippen molar-refractivity contribution in [1.82, 2.24) is 10.6 Å². The third-order valence-electron chi connectivity index (χ3n) is 4.55. The van der Waals surface area contributed by atoms with Crippen LogP contribution in [0.15, 0.2) is 48.5 Å². The van der Waals surface area contributed by atoms with Crippen molar-refractivity contribution in [3.05, 3.63) is 64.7 Å². The van der Waals surface area contributed by atoms with Crippen molar-refractivity contribution < 1.29 is 14.4 Å². The van der Waals surface area contributed by atoms with E-state index in [4.69, 9.17) is 11.6 Å². The maximum Gasteiger partial charge on any atom is 0.322 e. The minimum Gasteiger partial charge on any atom is -0.326 e. The Morgan fingerprint density at radius 2 is 1.89 bits per heavy atom. The van der Waals surface area contributed by atoms with Gasteiger partial charge in [0.2, 0.25) is 5.91 Å². The first kappa shape index (κ1) is 18.9. The molecule has 140 valence electrons. The average molecular weight is 386 g/mol. The Kier molecular flexibility index (Phi) is 5.46. The number of benzene rings is 2. The summed E-state index contributed by atoms with van der Waals surface area (Å²) in [6.45, 7) is 1.63. The smallest absolute Gasteiger partial charge is 0.322 e. The fourth-order valence-electron chi connectivity index (χ4n) is 2.98. The van der Waals surface area contributed by atoms with Gasteiger partial charge in [0.25, 0.3) is 5.91 Å². The molecular weight excluding hydrogens is 366 g/mol. The fourth-order valence-corrected chi connectivity index (χ4v) is 3.11. The van der Waals surface area contributed by atoms with Crippen LogP contribution in [0.4, 0.5) is 10.5 Å². The molecule has 0 bridgehead atoms. The summed E-state index contributed by atoms with van der Waals surface area (Å²) < 4.78 is 0. The molecule has 1 aliphatic rings. The zero-order valence-corrected chi connectivity index (χ0v) is 15.6. The molecule has 3 rings (SSSR count). The summed E-state index contributed by atoms with van der Waals surface area (Å²) in [5, 5.41) is 8.37. The standard InChI is InChI=1S/C20H20ClN3O3/c1-20(18(26)23-19(27)24-20)14-5-3-6-16(12-14)22-17(25)7-2-4-13-8-10-15(21)11-9-13/h3,5-6,8-12H,2,4,7H2,1H3,(H,22,25)(H2,23,24,26,27). The number of urea groups is 1. The highest BCUT2D eigenvalue weighted by molar-refractivity contribution is 6.30. The second-order valence-corrected chi connectivity index (χ2v) is 7.08. The largest absolute Gasteiger partial charge is 0.326 e. The van der Waals surface area contributed by atoms with Crippen molar-refractivity contribution in [2.75, 3.05) is 5.32 Å². The highest BCUT2D eigenvalue weighted by Gasteiger charge is 2.43. The van der Waals surface area contributed by atoms with Crippen molar-refractivity contribution in [2.24, 2.45) is 0 Å². The van der Waals surface area contributed by atoms with Crippen molar-refractivity contribution in [2.45, 2.75) is 31.7 Å². The van der Waals surface area contributed by atoms with Crippen LogP contribution in [-0.2, 0) is 21.5 Å². The van der Waals surface area contributed by atoms with Gasteiger partial charge < -0.3 is 10.6 Å². The monoisotopic (exact) mass is 385 g/mol. The second kappa shape index (κ2) is 7.80. The van der Waals surface area contributed by atoms with E-state index in [-0.39, 0.29) is 5.91 Å². The Morgan fingerprint density at radius 3 is 2.56 bits per heavy atom. The molecule has 1 saturated heterocycles. The van der Waals surface area contributed by atoms with Gasteiger partial charge in [-0.25, -0.2) is 4.79 Å². The van der Waals surface area contributed by atoms with Crippen molar-refractivity contribution in [3.8, 4) is 0 Å². The van der Waals surface area contributed by atoms with Gasteiger partial charge in [-0.2, -0.15) is 0 Å². The molecule has 1 heterocycles. The number of anilines is 1. The first-order valence-electron chi connectivity index (χ1n) is 8.65. The molecule has 2 aromatic carbocycles.